The van der Waals surface area contributed by atoms with Gasteiger partial charge < -0.3 is 4.42 Å². The summed E-state index contributed by atoms with van der Waals surface area (Å²) in [5.41, 5.74) is 4.99. The number of hydrogen-bond acceptors (Lipinski definition) is 3. The molecule has 1 heterocycles. The summed E-state index contributed by atoms with van der Waals surface area (Å²) in [5, 5.41) is 3.95. The molecular formula is C19H15BrN2O2. The standard InChI is InChI=1S/C19H15BrN2O2/c1-13-4-2-3-5-17(13)19(23)22-21-12-16-10-11-18(24-16)14-6-8-15(20)9-7-14/h2-12H,1H3,(H,22,23)/b21-12-. The monoisotopic (exact) mass is 382 g/mol. The van der Waals surface area contributed by atoms with Crippen LogP contribution in [0.4, 0.5) is 0 Å². The fourth-order valence-electron chi connectivity index (χ4n) is 2.23. The van der Waals surface area contributed by atoms with Crippen molar-refractivity contribution in [3.05, 3.63) is 82.0 Å². The Labute approximate surface area is 148 Å². The SMILES string of the molecule is Cc1ccccc1C(=O)N/N=C\c1ccc(-c2ccc(Br)cc2)o1. The van der Waals surface area contributed by atoms with Crippen molar-refractivity contribution >= 4 is 28.1 Å². The highest BCUT2D eigenvalue weighted by atomic mass is 79.9. The second kappa shape index (κ2) is 7.27. The van der Waals surface area contributed by atoms with Crippen LogP contribution in [0.1, 0.15) is 21.7 Å². The molecule has 1 amide bonds. The molecule has 4 nitrogen and oxygen atoms in total. The summed E-state index contributed by atoms with van der Waals surface area (Å²) >= 11 is 3.40. The Hall–Kier alpha value is -2.66. The third-order valence-electron chi connectivity index (χ3n) is 3.50. The Morgan fingerprint density at radius 2 is 1.83 bits per heavy atom. The van der Waals surface area contributed by atoms with Gasteiger partial charge in [0.1, 0.15) is 11.5 Å². The van der Waals surface area contributed by atoms with E-state index in [4.69, 9.17) is 4.42 Å². The van der Waals surface area contributed by atoms with Gasteiger partial charge in [0.05, 0.1) is 6.21 Å². The quantitative estimate of drug-likeness (QED) is 0.521. The molecule has 2 aromatic carbocycles. The van der Waals surface area contributed by atoms with E-state index in [-0.39, 0.29) is 5.91 Å². The van der Waals surface area contributed by atoms with E-state index < -0.39 is 0 Å². The topological polar surface area (TPSA) is 54.6 Å². The van der Waals surface area contributed by atoms with Crippen LogP contribution in [-0.2, 0) is 0 Å². The first-order valence-corrected chi connectivity index (χ1v) is 8.17. The average molecular weight is 383 g/mol. The van der Waals surface area contributed by atoms with Crippen LogP contribution in [-0.4, -0.2) is 12.1 Å². The second-order valence-corrected chi connectivity index (χ2v) is 6.14. The Morgan fingerprint density at radius 3 is 2.58 bits per heavy atom. The van der Waals surface area contributed by atoms with Crippen LogP contribution in [0.3, 0.4) is 0 Å². The van der Waals surface area contributed by atoms with Gasteiger partial charge in [-0.3, -0.25) is 4.79 Å². The molecule has 1 aromatic heterocycles. The molecule has 3 rings (SSSR count). The number of furan rings is 1. The molecule has 0 aliphatic rings. The maximum Gasteiger partial charge on any atom is 0.271 e. The molecule has 24 heavy (non-hydrogen) atoms. The fraction of sp³-hybridized carbons (Fsp3) is 0.0526. The molecule has 0 saturated heterocycles. The number of amides is 1. The van der Waals surface area contributed by atoms with Crippen molar-refractivity contribution in [3.63, 3.8) is 0 Å². The number of carbonyl (C=O) groups excluding carboxylic acids is 1. The van der Waals surface area contributed by atoms with Gasteiger partial charge in [-0.15, -0.1) is 0 Å². The molecule has 0 radical (unpaired) electrons. The molecule has 5 heteroatoms. The lowest BCUT2D eigenvalue weighted by Gasteiger charge is -2.02. The van der Waals surface area contributed by atoms with E-state index in [1.807, 2.05) is 55.5 Å². The largest absolute Gasteiger partial charge is 0.455 e. The summed E-state index contributed by atoms with van der Waals surface area (Å²) in [6.07, 6.45) is 1.48. The first kappa shape index (κ1) is 16.2. The van der Waals surface area contributed by atoms with Gasteiger partial charge in [-0.2, -0.15) is 5.10 Å². The molecule has 1 N–H and O–H groups in total. The zero-order valence-electron chi connectivity index (χ0n) is 13.0. The number of hydrogen-bond donors (Lipinski definition) is 1. The predicted octanol–water partition coefficient (Wildman–Crippen LogP) is 4.78. The van der Waals surface area contributed by atoms with E-state index in [0.29, 0.717) is 11.3 Å². The minimum Gasteiger partial charge on any atom is -0.455 e. The van der Waals surface area contributed by atoms with Crippen molar-refractivity contribution in [3.8, 4) is 11.3 Å². The van der Waals surface area contributed by atoms with Gasteiger partial charge in [0.15, 0.2) is 0 Å². The van der Waals surface area contributed by atoms with E-state index in [9.17, 15) is 4.79 Å². The van der Waals surface area contributed by atoms with Crippen molar-refractivity contribution in [2.45, 2.75) is 6.92 Å². The summed E-state index contributed by atoms with van der Waals surface area (Å²) in [6, 6.07) is 18.9. The van der Waals surface area contributed by atoms with Gasteiger partial charge in [0.2, 0.25) is 0 Å². The zero-order chi connectivity index (χ0) is 16.9. The predicted molar refractivity (Wildman–Crippen MR) is 98.1 cm³/mol. The summed E-state index contributed by atoms with van der Waals surface area (Å²) < 4.78 is 6.72. The maximum atomic E-state index is 12.1. The molecule has 120 valence electrons. The summed E-state index contributed by atoms with van der Waals surface area (Å²) in [6.45, 7) is 1.88. The number of hydrazone groups is 1. The molecular weight excluding hydrogens is 368 g/mol. The molecule has 0 unspecified atom stereocenters. The van der Waals surface area contributed by atoms with Crippen LogP contribution < -0.4 is 5.43 Å². The van der Waals surface area contributed by atoms with E-state index in [1.165, 1.54) is 6.21 Å². The van der Waals surface area contributed by atoms with Gasteiger partial charge in [0, 0.05) is 15.6 Å². The van der Waals surface area contributed by atoms with Gasteiger partial charge in [-0.25, -0.2) is 5.43 Å². The number of benzene rings is 2. The van der Waals surface area contributed by atoms with Crippen LogP contribution in [0.2, 0.25) is 0 Å². The van der Waals surface area contributed by atoms with Gasteiger partial charge in [-0.1, -0.05) is 46.3 Å². The van der Waals surface area contributed by atoms with Crippen LogP contribution >= 0.6 is 15.9 Å². The fourth-order valence-corrected chi connectivity index (χ4v) is 2.50. The smallest absolute Gasteiger partial charge is 0.271 e. The van der Waals surface area contributed by atoms with Crippen molar-refractivity contribution in [2.24, 2.45) is 5.10 Å². The van der Waals surface area contributed by atoms with E-state index >= 15 is 0 Å². The Balaban J connectivity index is 1.66. The van der Waals surface area contributed by atoms with Crippen LogP contribution in [0, 0.1) is 6.92 Å². The Morgan fingerprint density at radius 1 is 1.08 bits per heavy atom. The van der Waals surface area contributed by atoms with Gasteiger partial charge >= 0.3 is 0 Å². The van der Waals surface area contributed by atoms with E-state index in [0.717, 1.165) is 21.4 Å². The van der Waals surface area contributed by atoms with Crippen molar-refractivity contribution < 1.29 is 9.21 Å². The lowest BCUT2D eigenvalue weighted by atomic mass is 10.1. The molecule has 0 aliphatic heterocycles. The lowest BCUT2D eigenvalue weighted by molar-refractivity contribution is 0.0954. The van der Waals surface area contributed by atoms with E-state index in [1.54, 1.807) is 12.1 Å². The molecule has 0 saturated carbocycles. The number of nitrogens with one attached hydrogen (secondary N) is 1. The zero-order valence-corrected chi connectivity index (χ0v) is 14.6. The molecule has 0 atom stereocenters. The highest BCUT2D eigenvalue weighted by Crippen LogP contribution is 2.23. The third-order valence-corrected chi connectivity index (χ3v) is 4.03. The van der Waals surface area contributed by atoms with Crippen LogP contribution in [0.5, 0.6) is 0 Å². The summed E-state index contributed by atoms with van der Waals surface area (Å²) in [7, 11) is 0. The van der Waals surface area contributed by atoms with E-state index in [2.05, 4.69) is 26.5 Å². The minimum atomic E-state index is -0.246. The highest BCUT2D eigenvalue weighted by Gasteiger charge is 2.07. The molecule has 0 bridgehead atoms. The van der Waals surface area contributed by atoms with Crippen LogP contribution in [0.15, 0.2) is 74.7 Å². The minimum absolute atomic E-state index is 0.246. The van der Waals surface area contributed by atoms with Crippen LogP contribution in [0.25, 0.3) is 11.3 Å². The normalized spacial score (nSPS) is 10.9. The average Bonchev–Trinajstić information content (AvgIpc) is 3.04. The first-order chi connectivity index (χ1) is 11.6. The number of nitrogens with zero attached hydrogens (tertiary/aromatic N) is 1. The van der Waals surface area contributed by atoms with Gasteiger partial charge in [-0.05, 0) is 42.8 Å². The summed E-state index contributed by atoms with van der Waals surface area (Å²) in [4.78, 5) is 12.1. The lowest BCUT2D eigenvalue weighted by Crippen LogP contribution is -2.18. The Kier molecular flexibility index (Phi) is 4.91. The Bertz CT molecular complexity index is 882. The maximum absolute atomic E-state index is 12.1. The number of rotatable bonds is 4. The molecule has 3 aromatic rings. The number of carbonyl (C=O) groups is 1. The number of halogens is 1. The molecule has 0 aliphatic carbocycles. The third kappa shape index (κ3) is 3.81. The van der Waals surface area contributed by atoms with Crippen molar-refractivity contribution in [1.29, 1.82) is 0 Å². The summed E-state index contributed by atoms with van der Waals surface area (Å²) in [5.74, 6) is 1.07. The second-order valence-electron chi connectivity index (χ2n) is 5.22. The molecule has 0 fully saturated rings. The van der Waals surface area contributed by atoms with Crippen molar-refractivity contribution in [1.82, 2.24) is 5.43 Å². The first-order valence-electron chi connectivity index (χ1n) is 7.38. The molecule has 0 spiro atoms. The number of aryl methyl sites for hydroxylation is 1. The van der Waals surface area contributed by atoms with Crippen molar-refractivity contribution in [2.75, 3.05) is 0 Å². The highest BCUT2D eigenvalue weighted by molar-refractivity contribution is 9.10. The van der Waals surface area contributed by atoms with Gasteiger partial charge in [0.25, 0.3) is 5.91 Å².